The van der Waals surface area contributed by atoms with Crippen LogP contribution in [0.1, 0.15) is 37.1 Å². The summed E-state index contributed by atoms with van der Waals surface area (Å²) in [5.41, 5.74) is 6.78. The van der Waals surface area contributed by atoms with Crippen LogP contribution in [0.25, 0.3) is 23.1 Å². The monoisotopic (exact) mass is 416 g/mol. The van der Waals surface area contributed by atoms with Crippen molar-refractivity contribution in [3.05, 3.63) is 64.4 Å². The van der Waals surface area contributed by atoms with Gasteiger partial charge in [-0.1, -0.05) is 42.7 Å². The molecule has 152 valence electrons. The lowest BCUT2D eigenvalue weighted by molar-refractivity contribution is 0.510. The third kappa shape index (κ3) is 5.95. The average Bonchev–Trinajstić information content (AvgIpc) is 2.71. The number of nitrogens with two attached hydrogens (primary N) is 1. The molecule has 3 aromatic rings. The number of anilines is 1. The van der Waals surface area contributed by atoms with Crippen LogP contribution in [0.4, 0.5) is 14.6 Å². The lowest BCUT2D eigenvalue weighted by atomic mass is 10.2. The van der Waals surface area contributed by atoms with Gasteiger partial charge in [0.25, 0.3) is 0 Å². The zero-order valence-electron chi connectivity index (χ0n) is 16.0. The van der Waals surface area contributed by atoms with Gasteiger partial charge in [0, 0.05) is 23.0 Å². The Hall–Kier alpha value is -2.57. The quantitative estimate of drug-likeness (QED) is 0.441. The van der Waals surface area contributed by atoms with Crippen molar-refractivity contribution in [1.82, 2.24) is 9.97 Å². The smallest absolute Gasteiger partial charge is 0.161 e. The Bertz CT molecular complexity index is 990. The van der Waals surface area contributed by atoms with E-state index in [1.807, 2.05) is 18.2 Å². The topological polar surface area (TPSA) is 63.8 Å². The fourth-order valence-electron chi connectivity index (χ4n) is 2.93. The number of benzene rings is 2. The van der Waals surface area contributed by atoms with E-state index in [1.54, 1.807) is 18.2 Å². The maximum Gasteiger partial charge on any atom is 0.161 e. The summed E-state index contributed by atoms with van der Waals surface area (Å²) in [6, 6.07) is 9.55. The summed E-state index contributed by atoms with van der Waals surface area (Å²) in [4.78, 5) is 8.85. The average molecular weight is 417 g/mol. The molecule has 0 saturated carbocycles. The van der Waals surface area contributed by atoms with E-state index in [0.717, 1.165) is 43.4 Å². The van der Waals surface area contributed by atoms with Gasteiger partial charge in [0.1, 0.15) is 5.82 Å². The third-order valence-electron chi connectivity index (χ3n) is 4.47. The SMILES string of the molecule is NCCCCCCNc1nc(/C=C/c2ccc(Cl)cc2)nc2cc(F)c(F)cc12. The molecule has 0 fully saturated rings. The van der Waals surface area contributed by atoms with E-state index in [0.29, 0.717) is 40.7 Å². The first-order chi connectivity index (χ1) is 14.1. The van der Waals surface area contributed by atoms with Crippen molar-refractivity contribution in [2.75, 3.05) is 18.4 Å². The number of fused-ring (bicyclic) bond motifs is 1. The molecular weight excluding hydrogens is 394 g/mol. The highest BCUT2D eigenvalue weighted by Crippen LogP contribution is 2.24. The number of nitrogens with one attached hydrogen (secondary N) is 1. The molecule has 29 heavy (non-hydrogen) atoms. The summed E-state index contributed by atoms with van der Waals surface area (Å²) in [7, 11) is 0. The van der Waals surface area contributed by atoms with Crippen LogP contribution in [-0.4, -0.2) is 23.1 Å². The third-order valence-corrected chi connectivity index (χ3v) is 4.73. The van der Waals surface area contributed by atoms with E-state index in [1.165, 1.54) is 0 Å². The van der Waals surface area contributed by atoms with Crippen LogP contribution in [0.5, 0.6) is 0 Å². The fourth-order valence-corrected chi connectivity index (χ4v) is 3.05. The summed E-state index contributed by atoms with van der Waals surface area (Å²) in [5, 5.41) is 4.34. The molecule has 1 heterocycles. The molecule has 1 aromatic heterocycles. The standard InChI is InChI=1S/C22H23ClF2N4/c23-16-8-5-15(6-9-16)7-10-21-28-20-14-19(25)18(24)13-17(20)22(29-21)27-12-4-2-1-3-11-26/h5-10,13-14H,1-4,11-12,26H2,(H,27,28,29)/b10-7+. The highest BCUT2D eigenvalue weighted by atomic mass is 35.5. The number of aromatic nitrogens is 2. The van der Waals surface area contributed by atoms with E-state index >= 15 is 0 Å². The maximum absolute atomic E-state index is 13.8. The van der Waals surface area contributed by atoms with Gasteiger partial charge in [-0.05, 0) is 49.2 Å². The first-order valence-corrected chi connectivity index (χ1v) is 9.99. The molecular formula is C22H23ClF2N4. The molecule has 0 amide bonds. The summed E-state index contributed by atoms with van der Waals surface area (Å²) in [5.74, 6) is -0.958. The van der Waals surface area contributed by atoms with Gasteiger partial charge in [0.05, 0.1) is 5.52 Å². The van der Waals surface area contributed by atoms with Crippen molar-refractivity contribution >= 4 is 40.5 Å². The van der Waals surface area contributed by atoms with Crippen LogP contribution in [0, 0.1) is 11.6 Å². The minimum Gasteiger partial charge on any atom is -0.369 e. The summed E-state index contributed by atoms with van der Waals surface area (Å²) < 4.78 is 27.5. The Morgan fingerprint density at radius 1 is 0.931 bits per heavy atom. The molecule has 0 atom stereocenters. The number of rotatable bonds is 9. The number of nitrogens with zero attached hydrogens (tertiary/aromatic N) is 2. The Labute approximate surface area is 173 Å². The van der Waals surface area contributed by atoms with Gasteiger partial charge in [-0.15, -0.1) is 0 Å². The Balaban J connectivity index is 1.84. The van der Waals surface area contributed by atoms with Gasteiger partial charge in [0.15, 0.2) is 17.5 Å². The van der Waals surface area contributed by atoms with E-state index in [2.05, 4.69) is 15.3 Å². The van der Waals surface area contributed by atoms with Crippen molar-refractivity contribution in [3.63, 3.8) is 0 Å². The molecule has 0 aliphatic heterocycles. The van der Waals surface area contributed by atoms with Gasteiger partial charge in [-0.2, -0.15) is 0 Å². The van der Waals surface area contributed by atoms with Crippen molar-refractivity contribution in [2.24, 2.45) is 5.73 Å². The largest absolute Gasteiger partial charge is 0.369 e. The highest BCUT2D eigenvalue weighted by molar-refractivity contribution is 6.30. The molecule has 4 nitrogen and oxygen atoms in total. The zero-order valence-corrected chi connectivity index (χ0v) is 16.7. The molecule has 3 rings (SSSR count). The first-order valence-electron chi connectivity index (χ1n) is 9.61. The van der Waals surface area contributed by atoms with Gasteiger partial charge in [-0.25, -0.2) is 18.7 Å². The molecule has 0 spiro atoms. The van der Waals surface area contributed by atoms with Gasteiger partial charge in [0.2, 0.25) is 0 Å². The molecule has 0 bridgehead atoms. The molecule has 0 aliphatic rings. The zero-order chi connectivity index (χ0) is 20.6. The van der Waals surface area contributed by atoms with Gasteiger partial charge >= 0.3 is 0 Å². The number of halogens is 3. The molecule has 0 radical (unpaired) electrons. The minimum absolute atomic E-state index is 0.347. The van der Waals surface area contributed by atoms with Crippen LogP contribution in [-0.2, 0) is 0 Å². The second-order valence-electron chi connectivity index (χ2n) is 6.73. The van der Waals surface area contributed by atoms with Crippen molar-refractivity contribution in [2.45, 2.75) is 25.7 Å². The van der Waals surface area contributed by atoms with E-state index in [-0.39, 0.29) is 0 Å². The predicted octanol–water partition coefficient (Wildman–Crippen LogP) is 5.66. The molecule has 0 saturated heterocycles. The fraction of sp³-hybridized carbons (Fsp3) is 0.273. The van der Waals surface area contributed by atoms with E-state index in [9.17, 15) is 8.78 Å². The minimum atomic E-state index is -0.934. The summed E-state index contributed by atoms with van der Waals surface area (Å²) in [6.45, 7) is 1.37. The van der Waals surface area contributed by atoms with Gasteiger partial charge in [-0.3, -0.25) is 0 Å². The van der Waals surface area contributed by atoms with Crippen LogP contribution < -0.4 is 11.1 Å². The molecule has 2 aromatic carbocycles. The second kappa shape index (κ2) is 10.3. The number of hydrogen-bond acceptors (Lipinski definition) is 4. The van der Waals surface area contributed by atoms with Crippen LogP contribution in [0.15, 0.2) is 36.4 Å². The van der Waals surface area contributed by atoms with Crippen LogP contribution >= 0.6 is 11.6 Å². The van der Waals surface area contributed by atoms with Gasteiger partial charge < -0.3 is 11.1 Å². The van der Waals surface area contributed by atoms with Crippen LogP contribution in [0.3, 0.4) is 0 Å². The highest BCUT2D eigenvalue weighted by Gasteiger charge is 2.11. The molecule has 0 unspecified atom stereocenters. The Morgan fingerprint density at radius 3 is 2.41 bits per heavy atom. The van der Waals surface area contributed by atoms with E-state index in [4.69, 9.17) is 17.3 Å². The summed E-state index contributed by atoms with van der Waals surface area (Å²) in [6.07, 6.45) is 7.62. The van der Waals surface area contributed by atoms with E-state index < -0.39 is 11.6 Å². The van der Waals surface area contributed by atoms with Crippen molar-refractivity contribution in [3.8, 4) is 0 Å². The lowest BCUT2D eigenvalue weighted by Crippen LogP contribution is -2.07. The number of hydrogen-bond donors (Lipinski definition) is 2. The second-order valence-corrected chi connectivity index (χ2v) is 7.16. The number of unbranched alkanes of at least 4 members (excludes halogenated alkanes) is 3. The maximum atomic E-state index is 13.8. The first kappa shape index (κ1) is 21.1. The molecule has 7 heteroatoms. The summed E-state index contributed by atoms with van der Waals surface area (Å²) >= 11 is 5.90. The Kier molecular flexibility index (Phi) is 7.49. The van der Waals surface area contributed by atoms with Crippen LogP contribution in [0.2, 0.25) is 5.02 Å². The molecule has 3 N–H and O–H groups in total. The normalized spacial score (nSPS) is 11.4. The van der Waals surface area contributed by atoms with Crippen molar-refractivity contribution < 1.29 is 8.78 Å². The lowest BCUT2D eigenvalue weighted by Gasteiger charge is -2.10. The molecule has 0 aliphatic carbocycles. The van der Waals surface area contributed by atoms with Crippen molar-refractivity contribution in [1.29, 1.82) is 0 Å². The Morgan fingerprint density at radius 2 is 1.66 bits per heavy atom. The predicted molar refractivity (Wildman–Crippen MR) is 116 cm³/mol.